The number of ether oxygens (including phenoxy) is 1. The monoisotopic (exact) mass is 283 g/mol. The maximum atomic E-state index is 6.26. The van der Waals surface area contributed by atoms with Crippen LogP contribution in [0, 0.1) is 6.92 Å². The highest BCUT2D eigenvalue weighted by molar-refractivity contribution is 6.06. The first-order chi connectivity index (χ1) is 10.8. The van der Waals surface area contributed by atoms with Gasteiger partial charge in [0.1, 0.15) is 11.4 Å². The van der Waals surface area contributed by atoms with Gasteiger partial charge in [-0.05, 0) is 23.9 Å². The first-order valence-corrected chi connectivity index (χ1v) is 7.41. The van der Waals surface area contributed by atoms with Crippen molar-refractivity contribution in [1.82, 2.24) is 4.98 Å². The summed E-state index contributed by atoms with van der Waals surface area (Å²) in [6, 6.07) is 18.8. The van der Waals surface area contributed by atoms with Gasteiger partial charge in [-0.2, -0.15) is 0 Å². The van der Waals surface area contributed by atoms with Crippen molar-refractivity contribution in [2.24, 2.45) is 0 Å². The van der Waals surface area contributed by atoms with Crippen LogP contribution in [-0.4, -0.2) is 4.98 Å². The molecule has 1 aromatic heterocycles. The number of benzene rings is 3. The molecule has 0 unspecified atom stereocenters. The van der Waals surface area contributed by atoms with Gasteiger partial charge < -0.3 is 4.74 Å². The van der Waals surface area contributed by atoms with Crippen LogP contribution in [-0.2, 0) is 0 Å². The highest BCUT2D eigenvalue weighted by Gasteiger charge is 2.22. The second-order valence-electron chi connectivity index (χ2n) is 5.73. The predicted octanol–water partition coefficient (Wildman–Crippen LogP) is 5.47. The topological polar surface area (TPSA) is 22.1 Å². The van der Waals surface area contributed by atoms with E-state index in [1.54, 1.807) is 0 Å². The third-order valence-corrected chi connectivity index (χ3v) is 4.44. The molecule has 0 fully saturated rings. The summed E-state index contributed by atoms with van der Waals surface area (Å²) in [5, 5.41) is 4.60. The molecular formula is C20H13NO. The fourth-order valence-corrected chi connectivity index (χ4v) is 3.36. The Hall–Kier alpha value is -2.87. The smallest absolute Gasteiger partial charge is 0.161 e. The second-order valence-corrected chi connectivity index (χ2v) is 5.73. The molecule has 0 atom stereocenters. The van der Waals surface area contributed by atoms with E-state index in [1.807, 2.05) is 18.3 Å². The first-order valence-electron chi connectivity index (χ1n) is 7.41. The molecular weight excluding hydrogens is 270 g/mol. The van der Waals surface area contributed by atoms with E-state index in [9.17, 15) is 0 Å². The van der Waals surface area contributed by atoms with Crippen molar-refractivity contribution in [3.63, 3.8) is 0 Å². The van der Waals surface area contributed by atoms with Crippen molar-refractivity contribution in [2.75, 3.05) is 0 Å². The fraction of sp³-hybridized carbons (Fsp3) is 0.0500. The first kappa shape index (κ1) is 11.8. The zero-order valence-corrected chi connectivity index (χ0v) is 12.1. The summed E-state index contributed by atoms with van der Waals surface area (Å²) in [7, 11) is 0. The summed E-state index contributed by atoms with van der Waals surface area (Å²) in [6.45, 7) is 2.11. The van der Waals surface area contributed by atoms with E-state index in [1.165, 1.54) is 10.9 Å². The molecule has 0 aliphatic carbocycles. The average Bonchev–Trinajstić information content (AvgIpc) is 2.56. The van der Waals surface area contributed by atoms with Gasteiger partial charge in [-0.1, -0.05) is 48.5 Å². The number of aryl methyl sites for hydroxylation is 1. The Morgan fingerprint density at radius 2 is 1.68 bits per heavy atom. The normalized spacial score (nSPS) is 12.2. The Kier molecular flexibility index (Phi) is 2.18. The summed E-state index contributed by atoms with van der Waals surface area (Å²) in [6.07, 6.45) is 1.96. The van der Waals surface area contributed by atoms with Gasteiger partial charge in [-0.15, -0.1) is 0 Å². The van der Waals surface area contributed by atoms with Crippen LogP contribution in [0.15, 0.2) is 60.8 Å². The van der Waals surface area contributed by atoms with Gasteiger partial charge in [0, 0.05) is 27.9 Å². The lowest BCUT2D eigenvalue weighted by atomic mass is 9.96. The standard InChI is InChI=1S/C20H13NO/c1-12-5-2-8-14-16(12)11-21-19-15-9-3-6-13-7-4-10-17(18(13)15)22-20(14)19/h2-11H,1H3. The highest BCUT2D eigenvalue weighted by Crippen LogP contribution is 2.48. The van der Waals surface area contributed by atoms with E-state index >= 15 is 0 Å². The van der Waals surface area contributed by atoms with Gasteiger partial charge in [-0.25, -0.2) is 0 Å². The molecule has 5 rings (SSSR count). The molecule has 1 aliphatic heterocycles. The van der Waals surface area contributed by atoms with E-state index in [-0.39, 0.29) is 0 Å². The maximum absolute atomic E-state index is 6.26. The molecule has 0 saturated carbocycles. The van der Waals surface area contributed by atoms with Crippen LogP contribution in [0.25, 0.3) is 32.8 Å². The minimum absolute atomic E-state index is 0.868. The number of nitrogens with zero attached hydrogens (tertiary/aromatic N) is 1. The lowest BCUT2D eigenvalue weighted by molar-refractivity contribution is 0.490. The molecule has 22 heavy (non-hydrogen) atoms. The summed E-state index contributed by atoms with van der Waals surface area (Å²) >= 11 is 0. The number of rotatable bonds is 0. The van der Waals surface area contributed by atoms with Gasteiger partial charge in [0.2, 0.25) is 0 Å². The van der Waals surface area contributed by atoms with E-state index in [0.29, 0.717) is 0 Å². The molecule has 0 amide bonds. The zero-order valence-electron chi connectivity index (χ0n) is 12.1. The third kappa shape index (κ3) is 1.41. The van der Waals surface area contributed by atoms with Crippen LogP contribution in [0.3, 0.4) is 0 Å². The number of hydrogen-bond donors (Lipinski definition) is 0. The van der Waals surface area contributed by atoms with E-state index in [0.717, 1.165) is 38.9 Å². The molecule has 4 aromatic rings. The minimum atomic E-state index is 0.868. The molecule has 0 saturated heterocycles. The van der Waals surface area contributed by atoms with Crippen molar-refractivity contribution in [2.45, 2.75) is 6.92 Å². The number of aromatic nitrogens is 1. The fourth-order valence-electron chi connectivity index (χ4n) is 3.36. The van der Waals surface area contributed by atoms with Crippen molar-refractivity contribution in [3.05, 3.63) is 66.4 Å². The quantitative estimate of drug-likeness (QED) is 0.376. The summed E-state index contributed by atoms with van der Waals surface area (Å²) in [5.41, 5.74) is 3.30. The minimum Gasteiger partial charge on any atom is -0.454 e. The highest BCUT2D eigenvalue weighted by atomic mass is 16.5. The number of fused-ring (bicyclic) bond motifs is 4. The number of pyridine rings is 1. The Labute approximate surface area is 128 Å². The van der Waals surface area contributed by atoms with Crippen molar-refractivity contribution in [1.29, 1.82) is 0 Å². The van der Waals surface area contributed by atoms with Crippen molar-refractivity contribution in [3.8, 4) is 22.8 Å². The Balaban J connectivity index is 1.97. The predicted molar refractivity (Wildman–Crippen MR) is 89.5 cm³/mol. The van der Waals surface area contributed by atoms with Gasteiger partial charge >= 0.3 is 0 Å². The Morgan fingerprint density at radius 3 is 2.59 bits per heavy atom. The Morgan fingerprint density at radius 1 is 0.864 bits per heavy atom. The van der Waals surface area contributed by atoms with Crippen LogP contribution in [0.4, 0.5) is 0 Å². The van der Waals surface area contributed by atoms with Crippen molar-refractivity contribution >= 4 is 21.5 Å². The molecule has 0 N–H and O–H groups in total. The van der Waals surface area contributed by atoms with E-state index in [4.69, 9.17) is 9.72 Å². The molecule has 1 aliphatic rings. The van der Waals surface area contributed by atoms with Crippen molar-refractivity contribution < 1.29 is 4.74 Å². The molecule has 2 heteroatoms. The zero-order chi connectivity index (χ0) is 14.7. The lowest BCUT2D eigenvalue weighted by Gasteiger charge is -2.22. The molecule has 0 radical (unpaired) electrons. The largest absolute Gasteiger partial charge is 0.454 e. The molecule has 3 aromatic carbocycles. The van der Waals surface area contributed by atoms with Gasteiger partial charge in [0.05, 0.1) is 0 Å². The molecule has 2 heterocycles. The SMILES string of the molecule is Cc1cccc2c3c(ncc12)-c1cccc2cccc(c12)O3. The Bertz CT molecular complexity index is 1060. The maximum Gasteiger partial charge on any atom is 0.161 e. The summed E-state index contributed by atoms with van der Waals surface area (Å²) in [5.74, 6) is 1.78. The van der Waals surface area contributed by atoms with E-state index in [2.05, 4.69) is 49.4 Å². The van der Waals surface area contributed by atoms with Gasteiger partial charge in [0.25, 0.3) is 0 Å². The molecule has 0 spiro atoms. The third-order valence-electron chi connectivity index (χ3n) is 4.44. The molecule has 0 bridgehead atoms. The van der Waals surface area contributed by atoms with Crippen LogP contribution < -0.4 is 4.74 Å². The number of hydrogen-bond acceptors (Lipinski definition) is 2. The van der Waals surface area contributed by atoms with Gasteiger partial charge in [-0.3, -0.25) is 4.98 Å². The molecule has 2 nitrogen and oxygen atoms in total. The van der Waals surface area contributed by atoms with Crippen LogP contribution in [0.5, 0.6) is 11.5 Å². The van der Waals surface area contributed by atoms with Crippen LogP contribution >= 0.6 is 0 Å². The summed E-state index contributed by atoms with van der Waals surface area (Å²) < 4.78 is 6.26. The lowest BCUT2D eigenvalue weighted by Crippen LogP contribution is -2.00. The van der Waals surface area contributed by atoms with Gasteiger partial charge in [0.15, 0.2) is 5.75 Å². The average molecular weight is 283 g/mol. The van der Waals surface area contributed by atoms with Crippen LogP contribution in [0.1, 0.15) is 5.56 Å². The summed E-state index contributed by atoms with van der Waals surface area (Å²) in [4.78, 5) is 4.71. The van der Waals surface area contributed by atoms with Crippen LogP contribution in [0.2, 0.25) is 0 Å². The van der Waals surface area contributed by atoms with E-state index < -0.39 is 0 Å². The second kappa shape index (κ2) is 4.08. The molecule has 104 valence electrons.